The lowest BCUT2D eigenvalue weighted by atomic mass is 10.3. The summed E-state index contributed by atoms with van der Waals surface area (Å²) in [5.74, 6) is 0.286. The highest BCUT2D eigenvalue weighted by molar-refractivity contribution is 7.18. The Hall–Kier alpha value is -2.82. The van der Waals surface area contributed by atoms with Gasteiger partial charge in [0.1, 0.15) is 5.69 Å². The summed E-state index contributed by atoms with van der Waals surface area (Å²) in [4.78, 5) is 36.7. The topological polar surface area (TPSA) is 97.1 Å². The number of rotatable bonds is 6. The molecule has 4 aromatic rings. The van der Waals surface area contributed by atoms with E-state index in [9.17, 15) is 9.59 Å². The van der Waals surface area contributed by atoms with Crippen LogP contribution in [0.1, 0.15) is 32.0 Å². The van der Waals surface area contributed by atoms with Crippen LogP contribution < -0.4 is 10.6 Å². The van der Waals surface area contributed by atoms with E-state index in [4.69, 9.17) is 4.42 Å². The van der Waals surface area contributed by atoms with Crippen LogP contribution in [0.3, 0.4) is 0 Å². The molecule has 7 nitrogen and oxygen atoms in total. The smallest absolute Gasteiger partial charge is 0.277 e. The van der Waals surface area contributed by atoms with Crippen molar-refractivity contribution in [2.24, 2.45) is 0 Å². The highest BCUT2D eigenvalue weighted by Gasteiger charge is 2.20. The largest absolute Gasteiger partial charge is 0.462 e. The maximum Gasteiger partial charge on any atom is 0.277 e. The molecule has 4 heterocycles. The molecule has 0 aliphatic carbocycles. The van der Waals surface area contributed by atoms with E-state index in [0.29, 0.717) is 28.1 Å². The highest BCUT2D eigenvalue weighted by Crippen LogP contribution is 2.35. The number of thiazole rings is 2. The fourth-order valence-corrected chi connectivity index (χ4v) is 5.52. The number of furan rings is 1. The normalized spacial score (nSPS) is 10.9. The minimum atomic E-state index is -0.292. The van der Waals surface area contributed by atoms with Crippen LogP contribution >= 0.6 is 34.0 Å². The molecule has 0 saturated carbocycles. The van der Waals surface area contributed by atoms with E-state index < -0.39 is 0 Å². The number of hydrogen-bond donors (Lipinski definition) is 2. The van der Waals surface area contributed by atoms with E-state index in [1.54, 1.807) is 23.7 Å². The van der Waals surface area contributed by atoms with Crippen LogP contribution in [0.25, 0.3) is 21.3 Å². The second-order valence-corrected chi connectivity index (χ2v) is 10.0. The molecule has 0 atom stereocenters. The van der Waals surface area contributed by atoms with Gasteiger partial charge in [0.15, 0.2) is 15.9 Å². The molecular weight excluding hydrogens is 440 g/mol. The number of carbonyl (C=O) groups is 2. The molecule has 0 aromatic carbocycles. The first-order valence-corrected chi connectivity index (χ1v) is 11.5. The Morgan fingerprint density at radius 2 is 1.90 bits per heavy atom. The van der Waals surface area contributed by atoms with Gasteiger partial charge in [-0.25, -0.2) is 9.97 Å². The third-order valence-electron chi connectivity index (χ3n) is 4.17. The zero-order chi connectivity index (χ0) is 21.3. The molecule has 0 saturated heterocycles. The number of amides is 2. The summed E-state index contributed by atoms with van der Waals surface area (Å²) in [6.07, 6.45) is 1.58. The highest BCUT2D eigenvalue weighted by atomic mass is 32.1. The van der Waals surface area contributed by atoms with Crippen molar-refractivity contribution in [2.45, 2.75) is 27.3 Å². The minimum Gasteiger partial charge on any atom is -0.462 e. The Labute approximate surface area is 184 Å². The van der Waals surface area contributed by atoms with Gasteiger partial charge in [-0.05, 0) is 38.1 Å². The fourth-order valence-electron chi connectivity index (χ4n) is 2.76. The summed E-state index contributed by atoms with van der Waals surface area (Å²) in [6, 6.07) is 7.56. The van der Waals surface area contributed by atoms with Gasteiger partial charge in [-0.15, -0.1) is 34.0 Å². The Balaban J connectivity index is 1.50. The van der Waals surface area contributed by atoms with Gasteiger partial charge in [-0.2, -0.15) is 0 Å². The fraction of sp³-hybridized carbons (Fsp3) is 0.200. The van der Waals surface area contributed by atoms with Crippen LogP contribution in [-0.4, -0.2) is 21.8 Å². The molecule has 154 valence electrons. The van der Waals surface area contributed by atoms with E-state index in [1.165, 1.54) is 29.6 Å². The molecule has 0 aliphatic heterocycles. The van der Waals surface area contributed by atoms with Gasteiger partial charge < -0.3 is 9.73 Å². The molecule has 4 aromatic heterocycles. The lowest BCUT2D eigenvalue weighted by molar-refractivity contribution is -0.119. The van der Waals surface area contributed by atoms with E-state index in [1.807, 2.05) is 32.0 Å². The van der Waals surface area contributed by atoms with Crippen molar-refractivity contribution in [3.05, 3.63) is 50.9 Å². The summed E-state index contributed by atoms with van der Waals surface area (Å²) < 4.78 is 5.37. The van der Waals surface area contributed by atoms with Crippen molar-refractivity contribution in [1.29, 1.82) is 0 Å². The van der Waals surface area contributed by atoms with Gasteiger partial charge in [0.2, 0.25) is 5.91 Å². The van der Waals surface area contributed by atoms with Gasteiger partial charge in [0, 0.05) is 21.6 Å². The molecule has 0 unspecified atom stereocenters. The lowest BCUT2D eigenvalue weighted by Crippen LogP contribution is -2.17. The third kappa shape index (κ3) is 4.35. The molecule has 0 radical (unpaired) electrons. The molecule has 0 spiro atoms. The lowest BCUT2D eigenvalue weighted by Gasteiger charge is -1.99. The average Bonchev–Trinajstić information content (AvgIpc) is 3.47. The van der Waals surface area contributed by atoms with Crippen molar-refractivity contribution < 1.29 is 14.0 Å². The summed E-state index contributed by atoms with van der Waals surface area (Å²) in [6.45, 7) is 5.82. The van der Waals surface area contributed by atoms with Crippen LogP contribution in [-0.2, 0) is 11.3 Å². The van der Waals surface area contributed by atoms with Gasteiger partial charge in [-0.1, -0.05) is 0 Å². The van der Waals surface area contributed by atoms with Gasteiger partial charge in [-0.3, -0.25) is 14.9 Å². The first-order chi connectivity index (χ1) is 14.4. The number of nitrogens with zero attached hydrogens (tertiary/aromatic N) is 2. The summed E-state index contributed by atoms with van der Waals surface area (Å²) in [5.41, 5.74) is 1.20. The van der Waals surface area contributed by atoms with Crippen molar-refractivity contribution in [3.8, 4) is 21.3 Å². The maximum absolute atomic E-state index is 12.8. The second-order valence-electron chi connectivity index (χ2n) is 6.45. The predicted octanol–water partition coefficient (Wildman–Crippen LogP) is 5.09. The van der Waals surface area contributed by atoms with Crippen LogP contribution in [0.2, 0.25) is 0 Å². The van der Waals surface area contributed by atoms with Crippen molar-refractivity contribution >= 4 is 51.0 Å². The zero-order valence-corrected chi connectivity index (χ0v) is 18.9. The van der Waals surface area contributed by atoms with Gasteiger partial charge >= 0.3 is 0 Å². The van der Waals surface area contributed by atoms with Gasteiger partial charge in [0.25, 0.3) is 5.91 Å². The number of aromatic nitrogens is 2. The maximum atomic E-state index is 12.8. The van der Waals surface area contributed by atoms with E-state index in [-0.39, 0.29) is 11.8 Å². The van der Waals surface area contributed by atoms with Crippen LogP contribution in [0, 0.1) is 13.8 Å². The first-order valence-electron chi connectivity index (χ1n) is 9.04. The zero-order valence-electron chi connectivity index (χ0n) is 16.4. The number of carbonyl (C=O) groups excluding carboxylic acids is 2. The molecule has 0 fully saturated rings. The minimum absolute atomic E-state index is 0.0627. The SMILES string of the molecule is CC(=O)NCc1ccc(-c2nc(NC(=O)c3nc(-c4ccco4)sc3C)sc2C)s1. The van der Waals surface area contributed by atoms with Crippen LogP contribution in [0.4, 0.5) is 5.13 Å². The second kappa shape index (κ2) is 8.50. The molecule has 2 N–H and O–H groups in total. The van der Waals surface area contributed by atoms with E-state index in [2.05, 4.69) is 20.6 Å². The number of hydrogen-bond acceptors (Lipinski definition) is 8. The van der Waals surface area contributed by atoms with E-state index >= 15 is 0 Å². The van der Waals surface area contributed by atoms with Crippen molar-refractivity contribution in [1.82, 2.24) is 15.3 Å². The molecule has 0 aliphatic rings. The number of nitrogens with one attached hydrogen (secondary N) is 2. The predicted molar refractivity (Wildman–Crippen MR) is 120 cm³/mol. The molecule has 30 heavy (non-hydrogen) atoms. The average molecular weight is 459 g/mol. The molecular formula is C20H18N4O3S3. The molecule has 4 rings (SSSR count). The van der Waals surface area contributed by atoms with Crippen LogP contribution in [0.5, 0.6) is 0 Å². The molecule has 2 amide bonds. The Bertz CT molecular complexity index is 1200. The third-order valence-corrected chi connectivity index (χ3v) is 7.13. The quantitative estimate of drug-likeness (QED) is 0.419. The summed E-state index contributed by atoms with van der Waals surface area (Å²) in [7, 11) is 0. The van der Waals surface area contributed by atoms with Crippen molar-refractivity contribution in [2.75, 3.05) is 5.32 Å². The number of anilines is 1. The Morgan fingerprint density at radius 3 is 2.63 bits per heavy atom. The Kier molecular flexibility index (Phi) is 5.80. The summed E-state index contributed by atoms with van der Waals surface area (Å²) >= 11 is 4.41. The molecule has 0 bridgehead atoms. The summed E-state index contributed by atoms with van der Waals surface area (Å²) in [5, 5.41) is 6.85. The Morgan fingerprint density at radius 1 is 1.07 bits per heavy atom. The monoisotopic (exact) mass is 458 g/mol. The van der Waals surface area contributed by atoms with Crippen LogP contribution in [0.15, 0.2) is 34.9 Å². The van der Waals surface area contributed by atoms with Gasteiger partial charge in [0.05, 0.1) is 23.4 Å². The van der Waals surface area contributed by atoms with Crippen molar-refractivity contribution in [3.63, 3.8) is 0 Å². The number of aryl methyl sites for hydroxylation is 2. The molecule has 10 heteroatoms. The standard InChI is InChI=1S/C20H18N4O3S3/c1-10-16(15-7-6-13(30-15)9-21-12(3)25)23-20(29-10)24-18(26)17-11(2)28-19(22-17)14-5-4-8-27-14/h4-8H,9H2,1-3H3,(H,21,25)(H,23,24,26). The number of thiophene rings is 1. The first kappa shape index (κ1) is 20.5. The van der Waals surface area contributed by atoms with E-state index in [0.717, 1.165) is 25.2 Å².